The van der Waals surface area contributed by atoms with Crippen LogP contribution in [0.15, 0.2) is 0 Å². The Bertz CT molecular complexity index is 131. The van der Waals surface area contributed by atoms with Crippen LogP contribution < -0.4 is 0 Å². The van der Waals surface area contributed by atoms with E-state index < -0.39 is 0 Å². The van der Waals surface area contributed by atoms with Crippen molar-refractivity contribution in [2.75, 3.05) is 12.9 Å². The number of fused-ring (bicyclic) bond motifs is 2. The lowest BCUT2D eigenvalue weighted by Gasteiger charge is -2.15. The number of alkyl halides is 1. The third-order valence-electron chi connectivity index (χ3n) is 2.85. The Morgan fingerprint density at radius 2 is 2.00 bits per heavy atom. The number of aliphatic hydroxyl groups excluding tert-OH is 1. The molecule has 0 radical (unpaired) electrons. The summed E-state index contributed by atoms with van der Waals surface area (Å²) in [5, 5.41) is 9.35. The van der Waals surface area contributed by atoms with Gasteiger partial charge in [0.1, 0.15) is 0 Å². The first-order valence-electron chi connectivity index (χ1n) is 4.07. The van der Waals surface area contributed by atoms with Gasteiger partial charge in [-0.1, -0.05) is 15.9 Å². The summed E-state index contributed by atoms with van der Waals surface area (Å²) >= 11 is 2.94. The summed E-state index contributed by atoms with van der Waals surface area (Å²) in [7, 11) is 2.12. The maximum atomic E-state index is 9.35. The average molecular weight is 222 g/mol. The summed E-state index contributed by atoms with van der Waals surface area (Å²) in [5.74, 6) is 1.81. The van der Waals surface area contributed by atoms with Crippen LogP contribution in [0.4, 0.5) is 0 Å². The Morgan fingerprint density at radius 1 is 1.36 bits per heavy atom. The number of nitrogens with zero attached hydrogens (tertiary/aromatic N) is 1. The highest BCUT2D eigenvalue weighted by molar-refractivity contribution is 9.08. The lowest BCUT2D eigenvalue weighted by Crippen LogP contribution is -2.28. The quantitative estimate of drug-likeness (QED) is 0.623. The molecule has 3 heteroatoms. The summed E-state index contributed by atoms with van der Waals surface area (Å²) < 4.78 is 0. The highest BCUT2D eigenvalue weighted by Crippen LogP contribution is 2.35. The van der Waals surface area contributed by atoms with Crippen LogP contribution in [0.5, 0.6) is 0 Å². The minimum absolute atomic E-state index is 0.0197. The van der Waals surface area contributed by atoms with E-state index in [4.69, 9.17) is 0 Å². The highest BCUT2D eigenvalue weighted by Gasteiger charge is 2.42. The van der Waals surface area contributed by atoms with Crippen molar-refractivity contribution < 1.29 is 5.11 Å². The minimum Gasteiger partial charge on any atom is -0.391 e. The molecule has 66 valence electrons. The Kier molecular flexibility index (Phi) is 3.34. The van der Waals surface area contributed by atoms with Crippen LogP contribution >= 0.6 is 15.9 Å². The molecule has 2 nitrogen and oxygen atoms in total. The van der Waals surface area contributed by atoms with Gasteiger partial charge >= 0.3 is 0 Å². The molecule has 1 N–H and O–H groups in total. The molecule has 3 atom stereocenters. The molecule has 2 aliphatic heterocycles. The molecule has 2 saturated heterocycles. The van der Waals surface area contributed by atoms with Crippen LogP contribution in [0.25, 0.3) is 0 Å². The predicted octanol–water partition coefficient (Wildman–Crippen LogP) is 1.22. The molecular weight excluding hydrogens is 206 g/mol. The maximum absolute atomic E-state index is 9.35. The summed E-state index contributed by atoms with van der Waals surface area (Å²) in [6, 6.07) is 1.19. The van der Waals surface area contributed by atoms with Gasteiger partial charge in [0.25, 0.3) is 0 Å². The van der Waals surface area contributed by atoms with E-state index in [1.807, 2.05) is 5.83 Å². The van der Waals surface area contributed by atoms with E-state index in [9.17, 15) is 5.11 Å². The fourth-order valence-corrected chi connectivity index (χ4v) is 2.22. The number of hydrogen-bond acceptors (Lipinski definition) is 2. The Hall–Kier alpha value is 0.400. The number of halogens is 1. The van der Waals surface area contributed by atoms with Crippen molar-refractivity contribution in [1.82, 2.24) is 4.90 Å². The molecule has 0 aliphatic carbocycles. The smallest absolute Gasteiger partial charge is 0.0710 e. The molecule has 11 heavy (non-hydrogen) atoms. The third kappa shape index (κ3) is 1.60. The molecular formula is C8H16BrNO. The van der Waals surface area contributed by atoms with E-state index in [2.05, 4.69) is 27.9 Å². The molecule has 2 heterocycles. The molecule has 0 aromatic carbocycles. The van der Waals surface area contributed by atoms with E-state index in [1.54, 1.807) is 0 Å². The van der Waals surface area contributed by atoms with Crippen molar-refractivity contribution in [2.45, 2.75) is 37.5 Å². The molecule has 0 aromatic rings. The lowest BCUT2D eigenvalue weighted by atomic mass is 9.98. The lowest BCUT2D eigenvalue weighted by molar-refractivity contribution is 0.128. The standard InChI is InChI=1S/C7H13NO.CH3Br/c1-8-5-2-3-6(8)7(9)4-5;1-2/h5-7,9H,2-4H2,1H3;1H3/t5-,6+,7+;/m0./s1. The first-order valence-corrected chi connectivity index (χ1v) is 5.65. The number of hydrogen-bond donors (Lipinski definition) is 1. The first kappa shape index (κ1) is 9.49. The molecule has 2 rings (SSSR count). The van der Waals surface area contributed by atoms with Crippen molar-refractivity contribution in [3.05, 3.63) is 0 Å². The third-order valence-corrected chi connectivity index (χ3v) is 2.85. The molecule has 0 spiro atoms. The van der Waals surface area contributed by atoms with E-state index in [1.165, 1.54) is 12.8 Å². The summed E-state index contributed by atoms with van der Waals surface area (Å²) in [6.07, 6.45) is 3.51. The average Bonchev–Trinajstić information content (AvgIpc) is 2.49. The van der Waals surface area contributed by atoms with Gasteiger partial charge in [0.05, 0.1) is 6.10 Å². The topological polar surface area (TPSA) is 23.5 Å². The minimum atomic E-state index is -0.0197. The maximum Gasteiger partial charge on any atom is 0.0710 e. The molecule has 0 saturated carbocycles. The molecule has 2 bridgehead atoms. The Balaban J connectivity index is 0.000000281. The van der Waals surface area contributed by atoms with Gasteiger partial charge in [0.2, 0.25) is 0 Å². The van der Waals surface area contributed by atoms with Crippen molar-refractivity contribution in [1.29, 1.82) is 0 Å². The zero-order chi connectivity index (χ0) is 8.43. The van der Waals surface area contributed by atoms with Gasteiger partial charge in [-0.15, -0.1) is 0 Å². The molecule has 0 amide bonds. The van der Waals surface area contributed by atoms with Crippen LogP contribution in [0.2, 0.25) is 0 Å². The summed E-state index contributed by atoms with van der Waals surface area (Å²) in [5.41, 5.74) is 0. The summed E-state index contributed by atoms with van der Waals surface area (Å²) in [4.78, 5) is 2.32. The second kappa shape index (κ2) is 3.87. The fraction of sp³-hybridized carbons (Fsp3) is 1.00. The molecule has 2 aliphatic rings. The molecule has 0 aromatic heterocycles. The van der Waals surface area contributed by atoms with Gasteiger partial charge in [-0.05, 0) is 32.1 Å². The van der Waals surface area contributed by atoms with Crippen molar-refractivity contribution >= 4 is 15.9 Å². The molecule has 2 fully saturated rings. The van der Waals surface area contributed by atoms with Crippen LogP contribution in [-0.4, -0.2) is 41.1 Å². The zero-order valence-corrected chi connectivity index (χ0v) is 8.71. The predicted molar refractivity (Wildman–Crippen MR) is 50.0 cm³/mol. The number of likely N-dealkylation sites (N-methyl/N-ethyl adjacent to an activating group) is 1. The normalized spacial score (nSPS) is 42.0. The van der Waals surface area contributed by atoms with E-state index >= 15 is 0 Å². The van der Waals surface area contributed by atoms with Gasteiger partial charge < -0.3 is 5.11 Å². The monoisotopic (exact) mass is 221 g/mol. The molecule has 0 unspecified atom stereocenters. The van der Waals surface area contributed by atoms with Crippen LogP contribution in [-0.2, 0) is 0 Å². The zero-order valence-electron chi connectivity index (χ0n) is 7.13. The fourth-order valence-electron chi connectivity index (χ4n) is 2.22. The SMILES string of the molecule is CBr.CN1[C@H]2CC[C@@H]1[C@H](O)C2. The highest BCUT2D eigenvalue weighted by atomic mass is 79.9. The Morgan fingerprint density at radius 3 is 2.18 bits per heavy atom. The van der Waals surface area contributed by atoms with Crippen molar-refractivity contribution in [3.63, 3.8) is 0 Å². The largest absolute Gasteiger partial charge is 0.391 e. The van der Waals surface area contributed by atoms with Crippen molar-refractivity contribution in [2.24, 2.45) is 0 Å². The van der Waals surface area contributed by atoms with Gasteiger partial charge in [-0.25, -0.2) is 0 Å². The van der Waals surface area contributed by atoms with Gasteiger partial charge in [-0.3, -0.25) is 4.90 Å². The number of rotatable bonds is 0. The van der Waals surface area contributed by atoms with Crippen LogP contribution in [0.1, 0.15) is 19.3 Å². The van der Waals surface area contributed by atoms with Gasteiger partial charge in [0.15, 0.2) is 0 Å². The van der Waals surface area contributed by atoms with Gasteiger partial charge in [-0.2, -0.15) is 0 Å². The van der Waals surface area contributed by atoms with E-state index in [0.29, 0.717) is 12.1 Å². The van der Waals surface area contributed by atoms with E-state index in [0.717, 1.165) is 6.42 Å². The van der Waals surface area contributed by atoms with E-state index in [-0.39, 0.29) is 6.10 Å². The first-order chi connectivity index (χ1) is 5.29. The number of aliphatic hydroxyl groups is 1. The van der Waals surface area contributed by atoms with Crippen LogP contribution in [0, 0.1) is 0 Å². The second-order valence-electron chi connectivity index (χ2n) is 3.27. The van der Waals surface area contributed by atoms with Crippen molar-refractivity contribution in [3.8, 4) is 0 Å². The summed E-state index contributed by atoms with van der Waals surface area (Å²) in [6.45, 7) is 0. The Labute approximate surface area is 76.7 Å². The van der Waals surface area contributed by atoms with Crippen LogP contribution in [0.3, 0.4) is 0 Å². The second-order valence-corrected chi connectivity index (χ2v) is 3.27. The van der Waals surface area contributed by atoms with Gasteiger partial charge in [0, 0.05) is 12.1 Å².